The quantitative estimate of drug-likeness (QED) is 0.833. The minimum atomic E-state index is -0.0915. The fraction of sp³-hybridized carbons (Fsp3) is 0.667. The lowest BCUT2D eigenvalue weighted by Gasteiger charge is -2.33. The van der Waals surface area contributed by atoms with Crippen molar-refractivity contribution in [3.8, 4) is 5.88 Å². The summed E-state index contributed by atoms with van der Waals surface area (Å²) in [6.45, 7) is 0.703. The molecule has 1 aromatic rings. The Labute approximate surface area is 99.6 Å². The summed E-state index contributed by atoms with van der Waals surface area (Å²) in [4.78, 5) is 16.1. The van der Waals surface area contributed by atoms with Crippen molar-refractivity contribution in [2.45, 2.75) is 37.8 Å². The molecule has 0 unspecified atom stereocenters. The van der Waals surface area contributed by atoms with Gasteiger partial charge in [0.25, 0.3) is 5.88 Å². The lowest BCUT2D eigenvalue weighted by Crippen LogP contribution is -2.39. The number of nitrogens with zero attached hydrogens (tertiary/aromatic N) is 2. The molecule has 0 spiro atoms. The van der Waals surface area contributed by atoms with E-state index in [0.29, 0.717) is 18.5 Å². The van der Waals surface area contributed by atoms with Crippen LogP contribution in [0.5, 0.6) is 5.88 Å². The maximum absolute atomic E-state index is 12.0. The Morgan fingerprint density at radius 1 is 1.47 bits per heavy atom. The van der Waals surface area contributed by atoms with Crippen LogP contribution in [0, 0.1) is 5.92 Å². The van der Waals surface area contributed by atoms with Gasteiger partial charge in [-0.2, -0.15) is 0 Å². The van der Waals surface area contributed by atoms with E-state index >= 15 is 0 Å². The molecule has 0 radical (unpaired) electrons. The molecule has 0 bridgehead atoms. The fourth-order valence-corrected chi connectivity index (χ4v) is 2.25. The zero-order valence-electron chi connectivity index (χ0n) is 9.71. The lowest BCUT2D eigenvalue weighted by atomic mass is 9.82. The van der Waals surface area contributed by atoms with Crippen molar-refractivity contribution in [2.24, 2.45) is 11.7 Å². The molecule has 0 aliphatic heterocycles. The molecule has 17 heavy (non-hydrogen) atoms. The molecule has 2 N–H and O–H groups in total. The van der Waals surface area contributed by atoms with Crippen LogP contribution >= 0.6 is 0 Å². The van der Waals surface area contributed by atoms with Crippen molar-refractivity contribution < 1.29 is 4.74 Å². The second kappa shape index (κ2) is 4.14. The lowest BCUT2D eigenvalue weighted by molar-refractivity contribution is 0.0627. The third-order valence-electron chi connectivity index (χ3n) is 3.58. The van der Waals surface area contributed by atoms with E-state index in [4.69, 9.17) is 10.5 Å². The first-order valence-corrected chi connectivity index (χ1v) is 6.22. The van der Waals surface area contributed by atoms with Gasteiger partial charge in [-0.15, -0.1) is 0 Å². The zero-order valence-corrected chi connectivity index (χ0v) is 9.71. The predicted molar refractivity (Wildman–Crippen MR) is 63.0 cm³/mol. The minimum Gasteiger partial charge on any atom is -0.470 e. The summed E-state index contributed by atoms with van der Waals surface area (Å²) >= 11 is 0. The average Bonchev–Trinajstić information content (AvgIpc) is 3.08. The largest absolute Gasteiger partial charge is 0.470 e. The first kappa shape index (κ1) is 10.8. The Balaban J connectivity index is 1.71. The molecule has 0 atom stereocenters. The van der Waals surface area contributed by atoms with Gasteiger partial charge in [0, 0.05) is 18.4 Å². The van der Waals surface area contributed by atoms with E-state index in [1.54, 1.807) is 17.0 Å². The first-order chi connectivity index (χ1) is 8.28. The van der Waals surface area contributed by atoms with E-state index in [1.165, 1.54) is 0 Å². The van der Waals surface area contributed by atoms with Gasteiger partial charge in [0.05, 0.1) is 0 Å². The second-order valence-corrected chi connectivity index (χ2v) is 4.99. The standard InChI is InChI=1S/C12H17N3O2/c13-7-8-5-10(6-8)17-11-12(16)15(4-3-14-11)9-1-2-9/h3-4,8-10H,1-2,5-7,13H2. The topological polar surface area (TPSA) is 70.1 Å². The Hall–Kier alpha value is -1.36. The molecule has 92 valence electrons. The number of rotatable bonds is 4. The van der Waals surface area contributed by atoms with Crippen molar-refractivity contribution >= 4 is 0 Å². The third kappa shape index (κ3) is 2.07. The molecule has 2 fully saturated rings. The molecule has 5 nitrogen and oxygen atoms in total. The molecule has 5 heteroatoms. The average molecular weight is 235 g/mol. The fourth-order valence-electron chi connectivity index (χ4n) is 2.25. The molecule has 0 amide bonds. The third-order valence-corrected chi connectivity index (χ3v) is 3.58. The van der Waals surface area contributed by atoms with E-state index in [-0.39, 0.29) is 17.5 Å². The van der Waals surface area contributed by atoms with E-state index in [1.807, 2.05) is 0 Å². The Kier molecular flexibility index (Phi) is 2.63. The summed E-state index contributed by atoms with van der Waals surface area (Å²) in [6.07, 6.45) is 7.57. The van der Waals surface area contributed by atoms with Crippen LogP contribution < -0.4 is 16.0 Å². The highest BCUT2D eigenvalue weighted by Crippen LogP contribution is 2.34. The summed E-state index contributed by atoms with van der Waals surface area (Å²) in [5.74, 6) is 0.800. The molecule has 2 aliphatic carbocycles. The SMILES string of the molecule is NCC1CC(Oc2nccn(C3CC3)c2=O)C1. The van der Waals surface area contributed by atoms with Crippen molar-refractivity contribution in [2.75, 3.05) is 6.54 Å². The van der Waals surface area contributed by atoms with Gasteiger partial charge in [0.2, 0.25) is 0 Å². The van der Waals surface area contributed by atoms with Crippen LogP contribution in [0.25, 0.3) is 0 Å². The maximum atomic E-state index is 12.0. The van der Waals surface area contributed by atoms with Crippen molar-refractivity contribution in [3.05, 3.63) is 22.7 Å². The number of nitrogens with two attached hydrogens (primary N) is 1. The molecule has 2 saturated carbocycles. The van der Waals surface area contributed by atoms with Gasteiger partial charge in [-0.1, -0.05) is 0 Å². The molecular formula is C12H17N3O2. The highest BCUT2D eigenvalue weighted by Gasteiger charge is 2.31. The van der Waals surface area contributed by atoms with Gasteiger partial charge in [-0.05, 0) is 38.1 Å². The Bertz CT molecular complexity index is 461. The van der Waals surface area contributed by atoms with Crippen molar-refractivity contribution in [3.63, 3.8) is 0 Å². The van der Waals surface area contributed by atoms with Crippen LogP contribution in [0.4, 0.5) is 0 Å². The maximum Gasteiger partial charge on any atom is 0.313 e. The van der Waals surface area contributed by atoms with Crippen molar-refractivity contribution in [1.82, 2.24) is 9.55 Å². The van der Waals surface area contributed by atoms with Gasteiger partial charge in [0.1, 0.15) is 6.10 Å². The Morgan fingerprint density at radius 2 is 2.24 bits per heavy atom. The zero-order chi connectivity index (χ0) is 11.8. The van der Waals surface area contributed by atoms with E-state index in [9.17, 15) is 4.79 Å². The second-order valence-electron chi connectivity index (χ2n) is 4.99. The van der Waals surface area contributed by atoms with Gasteiger partial charge < -0.3 is 15.0 Å². The first-order valence-electron chi connectivity index (χ1n) is 6.22. The van der Waals surface area contributed by atoms with Gasteiger partial charge in [-0.25, -0.2) is 4.98 Å². The predicted octanol–water partition coefficient (Wildman–Crippen LogP) is 0.694. The van der Waals surface area contributed by atoms with Crippen LogP contribution in [-0.4, -0.2) is 22.2 Å². The highest BCUT2D eigenvalue weighted by atomic mass is 16.5. The van der Waals surface area contributed by atoms with Crippen LogP contribution in [0.2, 0.25) is 0 Å². The summed E-state index contributed by atoms with van der Waals surface area (Å²) in [5, 5.41) is 0. The number of hydrogen-bond acceptors (Lipinski definition) is 4. The number of hydrogen-bond donors (Lipinski definition) is 1. The van der Waals surface area contributed by atoms with Crippen molar-refractivity contribution in [1.29, 1.82) is 0 Å². The number of ether oxygens (including phenoxy) is 1. The molecule has 1 aromatic heterocycles. The van der Waals surface area contributed by atoms with E-state index in [0.717, 1.165) is 25.7 Å². The molecule has 3 rings (SSSR count). The van der Waals surface area contributed by atoms with Crippen LogP contribution in [0.15, 0.2) is 17.2 Å². The molecule has 0 saturated heterocycles. The van der Waals surface area contributed by atoms with E-state index < -0.39 is 0 Å². The van der Waals surface area contributed by atoms with Crippen LogP contribution in [-0.2, 0) is 0 Å². The molecule has 1 heterocycles. The summed E-state index contributed by atoms with van der Waals surface area (Å²) < 4.78 is 7.37. The normalized spacial score (nSPS) is 27.6. The summed E-state index contributed by atoms with van der Waals surface area (Å²) in [6, 6.07) is 0.367. The minimum absolute atomic E-state index is 0.0915. The smallest absolute Gasteiger partial charge is 0.313 e. The molecule has 2 aliphatic rings. The van der Waals surface area contributed by atoms with Gasteiger partial charge >= 0.3 is 5.56 Å². The van der Waals surface area contributed by atoms with Crippen LogP contribution in [0.3, 0.4) is 0 Å². The highest BCUT2D eigenvalue weighted by molar-refractivity contribution is 5.08. The van der Waals surface area contributed by atoms with Gasteiger partial charge in [-0.3, -0.25) is 4.79 Å². The Morgan fingerprint density at radius 3 is 2.88 bits per heavy atom. The molecular weight excluding hydrogens is 218 g/mol. The van der Waals surface area contributed by atoms with Crippen LogP contribution in [0.1, 0.15) is 31.7 Å². The summed E-state index contributed by atoms with van der Waals surface area (Å²) in [7, 11) is 0. The van der Waals surface area contributed by atoms with Gasteiger partial charge in [0.15, 0.2) is 0 Å². The summed E-state index contributed by atoms with van der Waals surface area (Å²) in [5.41, 5.74) is 5.46. The number of aromatic nitrogens is 2. The molecule has 0 aromatic carbocycles. The monoisotopic (exact) mass is 235 g/mol. The van der Waals surface area contributed by atoms with E-state index in [2.05, 4.69) is 4.98 Å².